The van der Waals surface area contributed by atoms with Crippen molar-refractivity contribution in [1.29, 1.82) is 0 Å². The number of carbonyl (C=O) groups excluding carboxylic acids is 1. The van der Waals surface area contributed by atoms with Gasteiger partial charge in [0.05, 0.1) is 12.2 Å². The molecule has 2 heterocycles. The molecule has 0 bridgehead atoms. The lowest BCUT2D eigenvalue weighted by Crippen LogP contribution is -2.47. The Morgan fingerprint density at radius 2 is 1.68 bits per heavy atom. The SMILES string of the molecule is CC(C)COC(=O)c1ccc(Nc2ncnc(N3CCN(c4ccc(F)cc4)CC3)c2N)cc1. The molecule has 1 saturated heterocycles. The van der Waals surface area contributed by atoms with Crippen LogP contribution >= 0.6 is 0 Å². The number of anilines is 5. The molecule has 0 radical (unpaired) electrons. The molecule has 0 saturated carbocycles. The maximum atomic E-state index is 13.2. The van der Waals surface area contributed by atoms with Gasteiger partial charge in [-0.2, -0.15) is 0 Å². The average Bonchev–Trinajstić information content (AvgIpc) is 2.85. The molecule has 3 N–H and O–H groups in total. The Balaban J connectivity index is 1.39. The van der Waals surface area contributed by atoms with Crippen molar-refractivity contribution in [2.24, 2.45) is 5.92 Å². The largest absolute Gasteiger partial charge is 0.462 e. The topological polar surface area (TPSA) is 96.6 Å². The zero-order chi connectivity index (χ0) is 24.1. The van der Waals surface area contributed by atoms with Crippen molar-refractivity contribution in [3.8, 4) is 0 Å². The number of aromatic nitrogens is 2. The van der Waals surface area contributed by atoms with E-state index < -0.39 is 0 Å². The van der Waals surface area contributed by atoms with Gasteiger partial charge in [-0.15, -0.1) is 0 Å². The fourth-order valence-electron chi connectivity index (χ4n) is 3.72. The Morgan fingerprint density at radius 1 is 1.03 bits per heavy atom. The van der Waals surface area contributed by atoms with Crippen LogP contribution in [0.3, 0.4) is 0 Å². The first kappa shape index (κ1) is 23.3. The van der Waals surface area contributed by atoms with Crippen LogP contribution in [0.2, 0.25) is 0 Å². The third-order valence-corrected chi connectivity index (χ3v) is 5.56. The number of nitrogens with one attached hydrogen (secondary N) is 1. The number of piperazine rings is 1. The van der Waals surface area contributed by atoms with Gasteiger partial charge in [0.2, 0.25) is 0 Å². The third-order valence-electron chi connectivity index (χ3n) is 5.56. The predicted molar refractivity (Wildman–Crippen MR) is 132 cm³/mol. The number of nitrogens with zero attached hydrogens (tertiary/aromatic N) is 4. The Hall–Kier alpha value is -3.88. The fraction of sp³-hybridized carbons (Fsp3) is 0.320. The molecule has 4 rings (SSSR count). The van der Waals surface area contributed by atoms with Crippen molar-refractivity contribution in [3.63, 3.8) is 0 Å². The third kappa shape index (κ3) is 5.54. The molecular weight excluding hydrogens is 435 g/mol. The molecule has 3 aromatic rings. The Bertz CT molecular complexity index is 1110. The van der Waals surface area contributed by atoms with Gasteiger partial charge in [-0.05, 0) is 54.4 Å². The summed E-state index contributed by atoms with van der Waals surface area (Å²) in [5.74, 6) is 0.873. The predicted octanol–water partition coefficient (Wildman–Crippen LogP) is 4.08. The highest BCUT2D eigenvalue weighted by atomic mass is 19.1. The lowest BCUT2D eigenvalue weighted by Gasteiger charge is -2.37. The Kier molecular flexibility index (Phi) is 7.10. The summed E-state index contributed by atoms with van der Waals surface area (Å²) < 4.78 is 18.5. The van der Waals surface area contributed by atoms with Crippen LogP contribution in [0.25, 0.3) is 0 Å². The highest BCUT2D eigenvalue weighted by molar-refractivity contribution is 5.90. The number of rotatable bonds is 7. The number of hydrogen-bond acceptors (Lipinski definition) is 8. The van der Waals surface area contributed by atoms with E-state index in [4.69, 9.17) is 10.5 Å². The molecule has 8 nitrogen and oxygen atoms in total. The summed E-state index contributed by atoms with van der Waals surface area (Å²) in [5, 5.41) is 3.21. The van der Waals surface area contributed by atoms with Crippen LogP contribution in [-0.2, 0) is 4.74 Å². The van der Waals surface area contributed by atoms with Crippen LogP contribution in [0.5, 0.6) is 0 Å². The number of nitrogen functional groups attached to an aromatic ring is 1. The van der Waals surface area contributed by atoms with Crippen LogP contribution in [0, 0.1) is 11.7 Å². The van der Waals surface area contributed by atoms with E-state index in [9.17, 15) is 9.18 Å². The number of carbonyl (C=O) groups is 1. The molecule has 1 aliphatic rings. The van der Waals surface area contributed by atoms with Gasteiger partial charge in [0, 0.05) is 37.6 Å². The number of benzene rings is 2. The molecule has 1 aromatic heterocycles. The minimum Gasteiger partial charge on any atom is -0.462 e. The van der Waals surface area contributed by atoms with Crippen molar-refractivity contribution >= 4 is 34.7 Å². The summed E-state index contributed by atoms with van der Waals surface area (Å²) in [7, 11) is 0. The van der Waals surface area contributed by atoms with Gasteiger partial charge < -0.3 is 25.6 Å². The maximum absolute atomic E-state index is 13.2. The first-order valence-electron chi connectivity index (χ1n) is 11.3. The van der Waals surface area contributed by atoms with Crippen molar-refractivity contribution in [1.82, 2.24) is 9.97 Å². The second-order valence-corrected chi connectivity index (χ2v) is 8.60. The molecular formula is C25H29FN6O2. The van der Waals surface area contributed by atoms with Crippen LogP contribution in [0.15, 0.2) is 54.9 Å². The van der Waals surface area contributed by atoms with E-state index in [2.05, 4.69) is 25.1 Å². The van der Waals surface area contributed by atoms with Gasteiger partial charge >= 0.3 is 5.97 Å². The van der Waals surface area contributed by atoms with E-state index in [1.807, 2.05) is 13.8 Å². The minimum absolute atomic E-state index is 0.239. The van der Waals surface area contributed by atoms with Gasteiger partial charge in [-0.25, -0.2) is 19.2 Å². The summed E-state index contributed by atoms with van der Waals surface area (Å²) in [6.45, 7) is 7.37. The first-order chi connectivity index (χ1) is 16.4. The second kappa shape index (κ2) is 10.4. The van der Waals surface area contributed by atoms with E-state index in [0.717, 1.165) is 37.6 Å². The molecule has 0 unspecified atom stereocenters. The van der Waals surface area contributed by atoms with Gasteiger partial charge in [-0.1, -0.05) is 13.8 Å². The van der Waals surface area contributed by atoms with E-state index in [0.29, 0.717) is 29.5 Å². The van der Waals surface area contributed by atoms with Crippen molar-refractivity contribution in [2.45, 2.75) is 13.8 Å². The quantitative estimate of drug-likeness (QED) is 0.505. The Morgan fingerprint density at radius 3 is 2.32 bits per heavy atom. The van der Waals surface area contributed by atoms with Crippen LogP contribution < -0.4 is 20.9 Å². The summed E-state index contributed by atoms with van der Waals surface area (Å²) in [6.07, 6.45) is 1.48. The molecule has 0 amide bonds. The molecule has 9 heteroatoms. The summed E-state index contributed by atoms with van der Waals surface area (Å²) in [5.41, 5.74) is 9.10. The number of ether oxygens (including phenoxy) is 1. The minimum atomic E-state index is -0.344. The molecule has 0 spiro atoms. The number of hydrogen-bond donors (Lipinski definition) is 2. The molecule has 1 aliphatic heterocycles. The van der Waals surface area contributed by atoms with Crippen LogP contribution in [0.1, 0.15) is 24.2 Å². The lowest BCUT2D eigenvalue weighted by atomic mass is 10.2. The maximum Gasteiger partial charge on any atom is 0.338 e. The van der Waals surface area contributed by atoms with E-state index in [1.165, 1.54) is 18.5 Å². The van der Waals surface area contributed by atoms with Crippen molar-refractivity contribution < 1.29 is 13.9 Å². The first-order valence-corrected chi connectivity index (χ1v) is 11.3. The normalized spacial score (nSPS) is 13.8. The van der Waals surface area contributed by atoms with Gasteiger partial charge in [-0.3, -0.25) is 0 Å². The van der Waals surface area contributed by atoms with E-state index >= 15 is 0 Å². The summed E-state index contributed by atoms with van der Waals surface area (Å²) in [4.78, 5) is 25.1. The zero-order valence-electron chi connectivity index (χ0n) is 19.4. The van der Waals surface area contributed by atoms with Crippen LogP contribution in [-0.4, -0.2) is 48.7 Å². The summed E-state index contributed by atoms with van der Waals surface area (Å²) in [6, 6.07) is 13.5. The molecule has 34 heavy (non-hydrogen) atoms. The number of esters is 1. The molecule has 178 valence electrons. The fourth-order valence-corrected chi connectivity index (χ4v) is 3.72. The Labute approximate surface area is 198 Å². The van der Waals surface area contributed by atoms with E-state index in [-0.39, 0.29) is 17.7 Å². The molecule has 0 aliphatic carbocycles. The average molecular weight is 465 g/mol. The smallest absolute Gasteiger partial charge is 0.338 e. The van der Waals surface area contributed by atoms with Crippen LogP contribution in [0.4, 0.5) is 33.1 Å². The highest BCUT2D eigenvalue weighted by Gasteiger charge is 2.21. The van der Waals surface area contributed by atoms with Gasteiger partial charge in [0.15, 0.2) is 11.6 Å². The van der Waals surface area contributed by atoms with Crippen molar-refractivity contribution in [3.05, 3.63) is 66.2 Å². The monoisotopic (exact) mass is 464 g/mol. The molecule has 2 aromatic carbocycles. The standard InChI is InChI=1S/C25H29FN6O2/c1-17(2)15-34-25(33)18-3-7-20(8-4-18)30-23-22(27)24(29-16-28-23)32-13-11-31(12-14-32)21-9-5-19(26)6-10-21/h3-10,16-17H,11-15,27H2,1-2H3,(H,28,29,30). The lowest BCUT2D eigenvalue weighted by molar-refractivity contribution is 0.0459. The summed E-state index contributed by atoms with van der Waals surface area (Å²) >= 11 is 0. The van der Waals surface area contributed by atoms with E-state index in [1.54, 1.807) is 36.4 Å². The number of halogens is 1. The molecule has 1 fully saturated rings. The van der Waals surface area contributed by atoms with Gasteiger partial charge in [0.1, 0.15) is 17.8 Å². The van der Waals surface area contributed by atoms with Crippen molar-refractivity contribution in [2.75, 3.05) is 53.6 Å². The van der Waals surface area contributed by atoms with Gasteiger partial charge in [0.25, 0.3) is 0 Å². The second-order valence-electron chi connectivity index (χ2n) is 8.60. The molecule has 0 atom stereocenters. The zero-order valence-corrected chi connectivity index (χ0v) is 19.4. The highest BCUT2D eigenvalue weighted by Crippen LogP contribution is 2.30. The number of nitrogens with two attached hydrogens (primary N) is 1.